The van der Waals surface area contributed by atoms with Crippen molar-refractivity contribution in [3.63, 3.8) is 0 Å². The first-order valence-electron chi connectivity index (χ1n) is 16.7. The molecule has 4 fully saturated rings. The van der Waals surface area contributed by atoms with Gasteiger partial charge in [0, 0.05) is 30.9 Å². The Hall–Kier alpha value is -2.60. The highest BCUT2D eigenvalue weighted by Crippen LogP contribution is 2.65. The molecule has 0 aromatic heterocycles. The highest BCUT2D eigenvalue weighted by atomic mass is 32.2. The lowest BCUT2D eigenvalue weighted by molar-refractivity contribution is -0.128. The number of carbonyl (C=O) groups is 2. The minimum atomic E-state index is -4.13. The molecular weight excluding hydrogens is 639 g/mol. The Morgan fingerprint density at radius 2 is 1.34 bits per heavy atom. The average molecular weight is 686 g/mol. The predicted octanol–water partition coefficient (Wildman–Crippen LogP) is 5.51. The molecule has 0 radical (unpaired) electrons. The van der Waals surface area contributed by atoms with Crippen molar-refractivity contribution in [2.24, 2.45) is 39.2 Å². The molecule has 5 atom stereocenters. The molecule has 5 unspecified atom stereocenters. The van der Waals surface area contributed by atoms with Crippen molar-refractivity contribution in [2.75, 3.05) is 18.1 Å². The van der Waals surface area contributed by atoms with E-state index in [4.69, 9.17) is 14.1 Å². The van der Waals surface area contributed by atoms with Crippen molar-refractivity contribution in [3.8, 4) is 5.75 Å². The van der Waals surface area contributed by atoms with E-state index >= 15 is 0 Å². The zero-order chi connectivity index (χ0) is 34.0. The van der Waals surface area contributed by atoms with Crippen molar-refractivity contribution >= 4 is 31.8 Å². The van der Waals surface area contributed by atoms with E-state index in [1.54, 1.807) is 18.2 Å². The maximum atomic E-state index is 13.4. The predicted molar refractivity (Wildman–Crippen MR) is 179 cm³/mol. The van der Waals surface area contributed by atoms with Gasteiger partial charge in [-0.05, 0) is 72.0 Å². The maximum absolute atomic E-state index is 13.4. The topological polar surface area (TPSA) is 147 Å². The first-order valence-corrected chi connectivity index (χ1v) is 19.9. The van der Waals surface area contributed by atoms with Gasteiger partial charge in [-0.25, -0.2) is 0 Å². The lowest BCUT2D eigenvalue weighted by atomic mass is 9.70. The number of carbonyl (C=O) groups excluding carboxylic acids is 2. The van der Waals surface area contributed by atoms with E-state index in [1.165, 1.54) is 0 Å². The first-order chi connectivity index (χ1) is 22.0. The summed E-state index contributed by atoms with van der Waals surface area (Å²) >= 11 is 0. The fraction of sp³-hybridized carbons (Fsp3) is 0.611. The fourth-order valence-corrected chi connectivity index (χ4v) is 13.1. The molecule has 6 rings (SSSR count). The van der Waals surface area contributed by atoms with E-state index in [1.807, 2.05) is 58.0 Å². The largest absolute Gasteiger partial charge is 0.382 e. The summed E-state index contributed by atoms with van der Waals surface area (Å²) in [5.41, 5.74) is 5.67. The van der Waals surface area contributed by atoms with Gasteiger partial charge in [-0.3, -0.25) is 13.8 Å². The number of hydrogen-bond acceptors (Lipinski definition) is 9. The Kier molecular flexibility index (Phi) is 8.59. The van der Waals surface area contributed by atoms with Crippen molar-refractivity contribution in [1.29, 1.82) is 0 Å². The van der Waals surface area contributed by atoms with Gasteiger partial charge in [-0.1, -0.05) is 70.2 Å². The van der Waals surface area contributed by atoms with Gasteiger partial charge in [-0.2, -0.15) is 16.8 Å². The van der Waals surface area contributed by atoms with Crippen LogP contribution >= 0.6 is 0 Å². The van der Waals surface area contributed by atoms with Gasteiger partial charge in [-0.15, -0.1) is 0 Å². The molecule has 4 saturated carbocycles. The molecule has 256 valence electrons. The Morgan fingerprint density at radius 1 is 0.787 bits per heavy atom. The molecule has 11 heteroatoms. The van der Waals surface area contributed by atoms with Gasteiger partial charge in [0.15, 0.2) is 0 Å². The molecule has 9 nitrogen and oxygen atoms in total. The average Bonchev–Trinajstić information content (AvgIpc) is 3.53. The minimum Gasteiger partial charge on any atom is -0.382 e. The third-order valence-electron chi connectivity index (χ3n) is 12.9. The highest BCUT2D eigenvalue weighted by molar-refractivity contribution is 7.87. The van der Waals surface area contributed by atoms with Crippen LogP contribution in [0.5, 0.6) is 5.75 Å². The summed E-state index contributed by atoms with van der Waals surface area (Å²) in [7, 11) is -8.12. The molecule has 0 heterocycles. The van der Waals surface area contributed by atoms with E-state index in [0.29, 0.717) is 37.7 Å². The molecule has 0 amide bonds. The Balaban J connectivity index is 1.19. The van der Waals surface area contributed by atoms with Gasteiger partial charge >= 0.3 is 10.1 Å². The van der Waals surface area contributed by atoms with Crippen molar-refractivity contribution in [3.05, 3.63) is 65.2 Å². The lowest BCUT2D eigenvalue weighted by Gasteiger charge is -2.35. The Morgan fingerprint density at radius 3 is 1.83 bits per heavy atom. The summed E-state index contributed by atoms with van der Waals surface area (Å²) in [6.07, 6.45) is 3.96. The second-order valence-electron chi connectivity index (χ2n) is 15.5. The maximum Gasteiger partial charge on any atom is 0.310 e. The molecule has 0 spiro atoms. The van der Waals surface area contributed by atoms with Crippen LogP contribution in [0.2, 0.25) is 0 Å². The van der Waals surface area contributed by atoms with Crippen LogP contribution in [0, 0.1) is 33.5 Å². The molecule has 0 aliphatic heterocycles. The van der Waals surface area contributed by atoms with Crippen LogP contribution in [0.25, 0.3) is 0 Å². The number of benzene rings is 2. The number of Topliss-reactive ketones (excluding diaryl/α,β-unsaturated/α-hetero) is 2. The molecular formula is C36H47NO8S2. The van der Waals surface area contributed by atoms with Crippen molar-refractivity contribution in [1.82, 2.24) is 0 Å². The van der Waals surface area contributed by atoms with Crippen LogP contribution in [-0.2, 0) is 40.6 Å². The van der Waals surface area contributed by atoms with E-state index < -0.39 is 36.5 Å². The van der Waals surface area contributed by atoms with Gasteiger partial charge in [0.2, 0.25) is 0 Å². The summed E-state index contributed by atoms with van der Waals surface area (Å²) in [5, 5.41) is 0. The van der Waals surface area contributed by atoms with E-state index in [-0.39, 0.29) is 65.1 Å². The molecule has 4 bridgehead atoms. The minimum absolute atomic E-state index is 0.000830. The van der Waals surface area contributed by atoms with Crippen LogP contribution < -0.4 is 9.92 Å². The number of hydrogen-bond donors (Lipinski definition) is 1. The molecule has 4 aliphatic carbocycles. The zero-order valence-electron chi connectivity index (χ0n) is 27.8. The Labute approximate surface area is 279 Å². The number of fused-ring (bicyclic) bond motifs is 4. The standard InChI is InChI=1S/C36H47NO8S2/c1-33(2)27-12-15-35(33,31(38)19-27)22-46(40,41)44-17-14-29(24-8-6-5-7-9-24)25-10-11-30(26(18-25)21-37)45-47(42,43)23-36-16-13-28(20-32(36)39)34(36,3)4/h5-11,18,27-29H,12-17,19-23,37H2,1-4H3. The van der Waals surface area contributed by atoms with Crippen LogP contribution in [-0.4, -0.2) is 46.5 Å². The van der Waals surface area contributed by atoms with Crippen LogP contribution in [0.1, 0.15) is 95.2 Å². The van der Waals surface area contributed by atoms with E-state index in [9.17, 15) is 26.4 Å². The Bertz CT molecular complexity index is 1790. The molecule has 2 N–H and O–H groups in total. The summed E-state index contributed by atoms with van der Waals surface area (Å²) in [6, 6.07) is 14.7. The normalized spacial score (nSPS) is 29.8. The second kappa shape index (κ2) is 11.8. The summed E-state index contributed by atoms with van der Waals surface area (Å²) < 4.78 is 64.7. The third kappa shape index (κ3) is 5.68. The lowest BCUT2D eigenvalue weighted by Crippen LogP contribution is -2.43. The first kappa shape index (κ1) is 34.3. The van der Waals surface area contributed by atoms with Crippen LogP contribution in [0.15, 0.2) is 48.5 Å². The van der Waals surface area contributed by atoms with Crippen molar-refractivity contribution in [2.45, 2.75) is 85.1 Å². The summed E-state index contributed by atoms with van der Waals surface area (Å²) in [4.78, 5) is 25.9. The molecule has 4 aliphatic rings. The van der Waals surface area contributed by atoms with Crippen LogP contribution in [0.4, 0.5) is 0 Å². The van der Waals surface area contributed by atoms with E-state index in [2.05, 4.69) is 0 Å². The number of nitrogens with two attached hydrogens (primary N) is 1. The monoisotopic (exact) mass is 685 g/mol. The smallest absolute Gasteiger partial charge is 0.310 e. The molecule has 2 aromatic rings. The summed E-state index contributed by atoms with van der Waals surface area (Å²) in [6.45, 7) is 7.90. The van der Waals surface area contributed by atoms with Crippen molar-refractivity contribution < 1.29 is 34.8 Å². The van der Waals surface area contributed by atoms with Crippen LogP contribution in [0.3, 0.4) is 0 Å². The van der Waals surface area contributed by atoms with E-state index in [0.717, 1.165) is 24.0 Å². The van der Waals surface area contributed by atoms with Gasteiger partial charge in [0.05, 0.1) is 28.9 Å². The SMILES string of the molecule is CC1(C)C2CCC1(CS(=O)(=O)OCCC(c1ccccc1)c1ccc(OS(=O)(=O)CC34CCC(CC3=O)C4(C)C)c(CN)c1)C(=O)C2. The third-order valence-corrected chi connectivity index (χ3v) is 15.6. The molecule has 47 heavy (non-hydrogen) atoms. The summed E-state index contributed by atoms with van der Waals surface area (Å²) in [5.74, 6) is -0.416. The zero-order valence-corrected chi connectivity index (χ0v) is 29.4. The number of rotatable bonds is 13. The second-order valence-corrected chi connectivity index (χ2v) is 18.7. The fourth-order valence-electron chi connectivity index (χ4n) is 9.59. The van der Waals surface area contributed by atoms with Gasteiger partial charge in [0.1, 0.15) is 17.3 Å². The molecule has 0 saturated heterocycles. The molecule has 2 aromatic carbocycles. The quantitative estimate of drug-likeness (QED) is 0.270. The number of ketones is 2. The van der Waals surface area contributed by atoms with Gasteiger partial charge in [0.25, 0.3) is 10.1 Å². The van der Waals surface area contributed by atoms with Gasteiger partial charge < -0.3 is 9.92 Å². The highest BCUT2D eigenvalue weighted by Gasteiger charge is 2.66.